The first-order valence-electron chi connectivity index (χ1n) is 5.37. The van der Waals surface area contributed by atoms with Gasteiger partial charge in [-0.1, -0.05) is 36.4 Å². The maximum Gasteiger partial charge on any atom is 0.296 e. The summed E-state index contributed by atoms with van der Waals surface area (Å²) in [5.41, 5.74) is 5.83. The highest BCUT2D eigenvalue weighted by molar-refractivity contribution is 7.86. The zero-order valence-electron chi connectivity index (χ0n) is 9.78. The molecule has 0 atom stereocenters. The summed E-state index contributed by atoms with van der Waals surface area (Å²) < 4.78 is 31.3. The predicted molar refractivity (Wildman–Crippen MR) is 70.5 cm³/mol. The van der Waals surface area contributed by atoms with Crippen molar-refractivity contribution in [2.45, 2.75) is 4.90 Å². The van der Waals surface area contributed by atoms with E-state index in [1.54, 1.807) is 30.3 Å². The summed E-state index contributed by atoms with van der Waals surface area (Å²) in [6, 6.07) is 12.3. The molecule has 0 saturated carbocycles. The summed E-state index contributed by atoms with van der Waals surface area (Å²) in [7, 11) is -4.45. The van der Waals surface area contributed by atoms with Gasteiger partial charge in [0, 0.05) is 11.1 Å². The van der Waals surface area contributed by atoms with Gasteiger partial charge in [-0.2, -0.15) is 8.42 Å². The van der Waals surface area contributed by atoms with E-state index in [0.29, 0.717) is 5.56 Å². The summed E-state index contributed by atoms with van der Waals surface area (Å²) >= 11 is 0. The molecule has 0 bridgehead atoms. The third-order valence-electron chi connectivity index (χ3n) is 2.62. The lowest BCUT2D eigenvalue weighted by Crippen LogP contribution is -2.10. The number of nitrogens with two attached hydrogens (primary N) is 1. The van der Waals surface area contributed by atoms with Crippen LogP contribution in [-0.2, 0) is 10.1 Å². The molecule has 0 amide bonds. The molecule has 6 heteroatoms. The van der Waals surface area contributed by atoms with Crippen LogP contribution in [0.2, 0.25) is 0 Å². The predicted octanol–water partition coefficient (Wildman–Crippen LogP) is 1.75. The summed E-state index contributed by atoms with van der Waals surface area (Å²) in [6.45, 7) is 0. The highest BCUT2D eigenvalue weighted by atomic mass is 32.2. The molecule has 0 unspecified atom stereocenters. The molecule has 0 spiro atoms. The third kappa shape index (κ3) is 2.64. The van der Waals surface area contributed by atoms with Crippen molar-refractivity contribution >= 4 is 21.6 Å². The summed E-state index contributed by atoms with van der Waals surface area (Å²) in [6.07, 6.45) is 0. The van der Waals surface area contributed by atoms with Crippen molar-refractivity contribution in [3.8, 4) is 0 Å². The van der Waals surface area contributed by atoms with Crippen LogP contribution in [0.3, 0.4) is 0 Å². The molecular weight excluding hydrogens is 266 g/mol. The molecule has 2 aromatic carbocycles. The average molecular weight is 277 g/mol. The minimum absolute atomic E-state index is 0.0429. The lowest BCUT2D eigenvalue weighted by Gasteiger charge is -2.08. The number of para-hydroxylation sites is 1. The standard InChI is InChI=1S/C13H11NO4S/c14-12-10(7-4-8-11(12)19(16,17)18)13(15)9-5-2-1-3-6-9/h1-8H,14H2,(H,16,17,18). The lowest BCUT2D eigenvalue weighted by atomic mass is 10.0. The van der Waals surface area contributed by atoms with E-state index in [1.165, 1.54) is 12.1 Å². The van der Waals surface area contributed by atoms with Crippen LogP contribution in [0.5, 0.6) is 0 Å². The van der Waals surface area contributed by atoms with Crippen LogP contribution in [0.25, 0.3) is 0 Å². The van der Waals surface area contributed by atoms with Crippen molar-refractivity contribution < 1.29 is 17.8 Å². The molecule has 0 saturated heterocycles. The first-order chi connectivity index (χ1) is 8.91. The van der Waals surface area contributed by atoms with Crippen LogP contribution < -0.4 is 5.73 Å². The number of ketones is 1. The Bertz CT molecular complexity index is 724. The van der Waals surface area contributed by atoms with Crippen molar-refractivity contribution in [1.29, 1.82) is 0 Å². The Morgan fingerprint density at radius 3 is 2.21 bits per heavy atom. The second kappa shape index (κ2) is 4.83. The fourth-order valence-electron chi connectivity index (χ4n) is 1.71. The maximum absolute atomic E-state index is 12.2. The van der Waals surface area contributed by atoms with Gasteiger partial charge >= 0.3 is 0 Å². The highest BCUT2D eigenvalue weighted by Crippen LogP contribution is 2.24. The molecule has 0 aliphatic heterocycles. The number of rotatable bonds is 3. The van der Waals surface area contributed by atoms with Crippen molar-refractivity contribution in [1.82, 2.24) is 0 Å². The average Bonchev–Trinajstić information content (AvgIpc) is 2.38. The molecule has 2 rings (SSSR count). The number of hydrogen-bond acceptors (Lipinski definition) is 4. The highest BCUT2D eigenvalue weighted by Gasteiger charge is 2.20. The van der Waals surface area contributed by atoms with Gasteiger partial charge < -0.3 is 5.73 Å². The number of carbonyl (C=O) groups is 1. The molecule has 0 heterocycles. The van der Waals surface area contributed by atoms with Gasteiger partial charge in [0.15, 0.2) is 5.78 Å². The molecule has 0 radical (unpaired) electrons. The van der Waals surface area contributed by atoms with Gasteiger partial charge in [-0.3, -0.25) is 9.35 Å². The number of nitrogen functional groups attached to an aromatic ring is 1. The van der Waals surface area contributed by atoms with E-state index in [9.17, 15) is 13.2 Å². The van der Waals surface area contributed by atoms with Crippen molar-refractivity contribution in [3.63, 3.8) is 0 Å². The van der Waals surface area contributed by atoms with Crippen molar-refractivity contribution in [3.05, 3.63) is 59.7 Å². The number of benzene rings is 2. The van der Waals surface area contributed by atoms with Crippen LogP contribution in [0.1, 0.15) is 15.9 Å². The van der Waals surface area contributed by atoms with E-state index < -0.39 is 20.8 Å². The molecule has 5 nitrogen and oxygen atoms in total. The molecule has 0 fully saturated rings. The van der Waals surface area contributed by atoms with E-state index in [4.69, 9.17) is 10.3 Å². The zero-order chi connectivity index (χ0) is 14.0. The molecule has 3 N–H and O–H groups in total. The van der Waals surface area contributed by atoms with Gasteiger partial charge in [-0.15, -0.1) is 0 Å². The number of carbonyl (C=O) groups excluding carboxylic acids is 1. The molecule has 2 aromatic rings. The van der Waals surface area contributed by atoms with Crippen molar-refractivity contribution in [2.24, 2.45) is 0 Å². The monoisotopic (exact) mass is 277 g/mol. The smallest absolute Gasteiger partial charge is 0.296 e. The first kappa shape index (κ1) is 13.3. The van der Waals surface area contributed by atoms with Crippen LogP contribution in [0.4, 0.5) is 5.69 Å². The van der Waals surface area contributed by atoms with Crippen LogP contribution in [0.15, 0.2) is 53.4 Å². The van der Waals surface area contributed by atoms with Gasteiger partial charge in [0.05, 0.1) is 5.69 Å². The summed E-state index contributed by atoms with van der Waals surface area (Å²) in [4.78, 5) is 11.7. The second-order valence-electron chi connectivity index (χ2n) is 3.89. The molecule has 98 valence electrons. The van der Waals surface area contributed by atoms with E-state index in [1.807, 2.05) is 0 Å². The van der Waals surface area contributed by atoms with Gasteiger partial charge in [-0.05, 0) is 12.1 Å². The van der Waals surface area contributed by atoms with Crippen LogP contribution in [-0.4, -0.2) is 18.8 Å². The number of anilines is 1. The first-order valence-corrected chi connectivity index (χ1v) is 6.81. The Hall–Kier alpha value is -2.18. The zero-order valence-corrected chi connectivity index (χ0v) is 10.6. The fraction of sp³-hybridized carbons (Fsp3) is 0. The normalized spacial score (nSPS) is 11.2. The minimum Gasteiger partial charge on any atom is -0.397 e. The van der Waals surface area contributed by atoms with E-state index in [-0.39, 0.29) is 11.3 Å². The Morgan fingerprint density at radius 1 is 1.00 bits per heavy atom. The third-order valence-corrected chi connectivity index (χ3v) is 3.54. The van der Waals surface area contributed by atoms with Gasteiger partial charge in [0.25, 0.3) is 10.1 Å². The topological polar surface area (TPSA) is 97.5 Å². The maximum atomic E-state index is 12.2. The van der Waals surface area contributed by atoms with Crippen molar-refractivity contribution in [2.75, 3.05) is 5.73 Å². The van der Waals surface area contributed by atoms with Crippen LogP contribution in [0, 0.1) is 0 Å². The lowest BCUT2D eigenvalue weighted by molar-refractivity contribution is 0.103. The van der Waals surface area contributed by atoms with E-state index in [0.717, 1.165) is 6.07 Å². The van der Waals surface area contributed by atoms with Gasteiger partial charge in [0.1, 0.15) is 4.90 Å². The molecule has 19 heavy (non-hydrogen) atoms. The Morgan fingerprint density at radius 2 is 1.63 bits per heavy atom. The van der Waals surface area contributed by atoms with E-state index >= 15 is 0 Å². The van der Waals surface area contributed by atoms with E-state index in [2.05, 4.69) is 0 Å². The SMILES string of the molecule is Nc1c(C(=O)c2ccccc2)cccc1S(=O)(=O)O. The molecule has 0 aliphatic carbocycles. The second-order valence-corrected chi connectivity index (χ2v) is 5.28. The van der Waals surface area contributed by atoms with Gasteiger partial charge in [-0.25, -0.2) is 0 Å². The summed E-state index contributed by atoms with van der Waals surface area (Å²) in [5, 5.41) is 0. The Balaban J connectivity index is 2.57. The Labute approximate surface area is 110 Å². The Kier molecular flexibility index (Phi) is 3.37. The number of hydrogen-bond donors (Lipinski definition) is 2. The van der Waals surface area contributed by atoms with Gasteiger partial charge in [0.2, 0.25) is 0 Å². The molecular formula is C13H11NO4S. The largest absolute Gasteiger partial charge is 0.397 e. The minimum atomic E-state index is -4.45. The quantitative estimate of drug-likeness (QED) is 0.506. The molecule has 0 aromatic heterocycles. The summed E-state index contributed by atoms with van der Waals surface area (Å²) in [5.74, 6) is -0.399. The fourth-order valence-corrected chi connectivity index (χ4v) is 2.35. The molecule has 0 aliphatic rings. The van der Waals surface area contributed by atoms with Crippen LogP contribution >= 0.6 is 0 Å².